The van der Waals surface area contributed by atoms with Crippen LogP contribution in [0, 0.1) is 5.41 Å². The zero-order chi connectivity index (χ0) is 18.0. The predicted octanol–water partition coefficient (Wildman–Crippen LogP) is 1.32. The van der Waals surface area contributed by atoms with Gasteiger partial charge < -0.3 is 19.1 Å². The maximum Gasteiger partial charge on any atom is 0.319 e. The fourth-order valence-electron chi connectivity index (χ4n) is 4.05. The van der Waals surface area contributed by atoms with Crippen LogP contribution in [0.2, 0.25) is 0 Å². The molecule has 7 nitrogen and oxygen atoms in total. The van der Waals surface area contributed by atoms with E-state index in [9.17, 15) is 9.59 Å². The molecule has 138 valence electrons. The average molecular weight is 348 g/mol. The fraction of sp³-hybridized carbons (Fsp3) is 0.667. The van der Waals surface area contributed by atoms with Crippen LogP contribution in [0.1, 0.15) is 18.9 Å². The lowest BCUT2D eigenvalue weighted by Crippen LogP contribution is -2.47. The third-order valence-electron chi connectivity index (χ3n) is 5.20. The highest BCUT2D eigenvalue weighted by molar-refractivity contribution is 5.80. The van der Waals surface area contributed by atoms with Gasteiger partial charge in [-0.25, -0.2) is 4.79 Å². The normalized spacial score (nSPS) is 24.8. The molecule has 1 aromatic heterocycles. The van der Waals surface area contributed by atoms with Gasteiger partial charge in [0.25, 0.3) is 0 Å². The first kappa shape index (κ1) is 17.8. The van der Waals surface area contributed by atoms with Crippen LogP contribution in [-0.4, -0.2) is 84.9 Å². The largest absolute Gasteiger partial charge is 0.472 e. The Morgan fingerprint density at radius 1 is 1.28 bits per heavy atom. The third kappa shape index (κ3) is 3.81. The average Bonchev–Trinajstić information content (AvgIpc) is 3.13. The van der Waals surface area contributed by atoms with Crippen molar-refractivity contribution in [3.05, 3.63) is 24.2 Å². The molecule has 0 radical (unpaired) electrons. The summed E-state index contributed by atoms with van der Waals surface area (Å²) in [5.41, 5.74) is 0.929. The van der Waals surface area contributed by atoms with Gasteiger partial charge in [0.1, 0.15) is 0 Å². The molecule has 25 heavy (non-hydrogen) atoms. The molecule has 0 N–H and O–H groups in total. The molecule has 2 saturated heterocycles. The lowest BCUT2D eigenvalue weighted by Gasteiger charge is -2.34. The Morgan fingerprint density at radius 3 is 2.68 bits per heavy atom. The highest BCUT2D eigenvalue weighted by Crippen LogP contribution is 2.35. The number of furan rings is 1. The lowest BCUT2D eigenvalue weighted by molar-refractivity contribution is -0.127. The number of urea groups is 1. The van der Waals surface area contributed by atoms with Gasteiger partial charge in [0, 0.05) is 77.3 Å². The Labute approximate surface area is 149 Å². The summed E-state index contributed by atoms with van der Waals surface area (Å²) in [4.78, 5) is 32.8. The molecular formula is C18H28N4O3. The molecule has 3 amide bonds. The van der Waals surface area contributed by atoms with Crippen molar-refractivity contribution in [2.24, 2.45) is 5.41 Å². The van der Waals surface area contributed by atoms with Gasteiger partial charge in [0.15, 0.2) is 0 Å². The minimum Gasteiger partial charge on any atom is -0.472 e. The van der Waals surface area contributed by atoms with Crippen LogP contribution >= 0.6 is 0 Å². The van der Waals surface area contributed by atoms with Crippen molar-refractivity contribution in [3.63, 3.8) is 0 Å². The summed E-state index contributed by atoms with van der Waals surface area (Å²) in [5.74, 6) is 0.199. The van der Waals surface area contributed by atoms with Gasteiger partial charge in [-0.05, 0) is 13.0 Å². The van der Waals surface area contributed by atoms with Crippen LogP contribution in [0.3, 0.4) is 0 Å². The minimum absolute atomic E-state index is 0.0203. The molecular weight excluding hydrogens is 320 g/mol. The summed E-state index contributed by atoms with van der Waals surface area (Å²) >= 11 is 0. The van der Waals surface area contributed by atoms with E-state index in [-0.39, 0.29) is 17.4 Å². The summed E-state index contributed by atoms with van der Waals surface area (Å²) < 4.78 is 5.19. The molecule has 1 aromatic rings. The first-order valence-electron chi connectivity index (χ1n) is 8.90. The number of carbonyl (C=O) groups excluding carboxylic acids is 2. The molecule has 1 unspecified atom stereocenters. The number of likely N-dealkylation sites (tertiary alicyclic amines) is 1. The smallest absolute Gasteiger partial charge is 0.319 e. The minimum atomic E-state index is -0.195. The van der Waals surface area contributed by atoms with Crippen LogP contribution in [-0.2, 0) is 11.3 Å². The Balaban J connectivity index is 1.82. The molecule has 1 spiro atoms. The number of hydrogen-bond acceptors (Lipinski definition) is 4. The van der Waals surface area contributed by atoms with E-state index >= 15 is 0 Å². The second-order valence-corrected chi connectivity index (χ2v) is 7.53. The number of nitrogens with zero attached hydrogens (tertiary/aromatic N) is 4. The second-order valence-electron chi connectivity index (χ2n) is 7.53. The van der Waals surface area contributed by atoms with E-state index in [1.807, 2.05) is 22.8 Å². The van der Waals surface area contributed by atoms with Gasteiger partial charge in [-0.15, -0.1) is 0 Å². The van der Waals surface area contributed by atoms with Gasteiger partial charge in [-0.2, -0.15) is 0 Å². The molecule has 1 atom stereocenters. The molecule has 7 heteroatoms. The zero-order valence-electron chi connectivity index (χ0n) is 15.4. The van der Waals surface area contributed by atoms with E-state index < -0.39 is 0 Å². The first-order valence-corrected chi connectivity index (χ1v) is 8.90. The molecule has 0 aliphatic carbocycles. The Kier molecular flexibility index (Phi) is 5.03. The topological polar surface area (TPSA) is 60.2 Å². The molecule has 2 aliphatic heterocycles. The quantitative estimate of drug-likeness (QED) is 0.827. The summed E-state index contributed by atoms with van der Waals surface area (Å²) in [6.45, 7) is 7.17. The first-order chi connectivity index (χ1) is 11.9. The van der Waals surface area contributed by atoms with Gasteiger partial charge in [0.05, 0.1) is 12.5 Å². The summed E-state index contributed by atoms with van der Waals surface area (Å²) in [7, 11) is 3.56. The van der Waals surface area contributed by atoms with Crippen molar-refractivity contribution in [3.8, 4) is 0 Å². The van der Waals surface area contributed by atoms with Crippen molar-refractivity contribution in [1.82, 2.24) is 19.6 Å². The number of rotatable bonds is 3. The van der Waals surface area contributed by atoms with E-state index in [0.717, 1.165) is 38.3 Å². The predicted molar refractivity (Wildman–Crippen MR) is 93.9 cm³/mol. The van der Waals surface area contributed by atoms with Crippen LogP contribution in [0.5, 0.6) is 0 Å². The van der Waals surface area contributed by atoms with Crippen LogP contribution in [0.4, 0.5) is 4.79 Å². The Hall–Kier alpha value is -2.02. The van der Waals surface area contributed by atoms with Gasteiger partial charge >= 0.3 is 6.03 Å². The van der Waals surface area contributed by atoms with Crippen molar-refractivity contribution in [2.75, 3.05) is 53.4 Å². The lowest BCUT2D eigenvalue weighted by atomic mass is 9.86. The van der Waals surface area contributed by atoms with Gasteiger partial charge in [-0.1, -0.05) is 0 Å². The molecule has 3 rings (SSSR count). The van der Waals surface area contributed by atoms with E-state index in [4.69, 9.17) is 4.42 Å². The Bertz CT molecular complexity index is 616. The maximum absolute atomic E-state index is 12.6. The number of carbonyl (C=O) groups is 2. The number of amides is 3. The molecule has 0 saturated carbocycles. The van der Waals surface area contributed by atoms with Crippen LogP contribution in [0.25, 0.3) is 0 Å². The standard InChI is InChI=1S/C18H28N4O3/c1-4-21-13-18(9-16(21)23)12-20(10-15-5-8-25-11-15)6-7-22(14-18)17(24)19(2)3/h5,8,11H,4,6-7,9-10,12-14H2,1-3H3. The monoisotopic (exact) mass is 348 g/mol. The molecule has 3 heterocycles. The van der Waals surface area contributed by atoms with Crippen LogP contribution in [0.15, 0.2) is 23.0 Å². The maximum atomic E-state index is 12.6. The summed E-state index contributed by atoms with van der Waals surface area (Å²) in [5, 5.41) is 0. The van der Waals surface area contributed by atoms with Gasteiger partial charge in [-0.3, -0.25) is 9.69 Å². The SMILES string of the molecule is CCN1CC2(CC1=O)CN(Cc1ccoc1)CCN(C(=O)N(C)C)C2. The van der Waals surface area contributed by atoms with Crippen molar-refractivity contribution in [2.45, 2.75) is 19.9 Å². The van der Waals surface area contributed by atoms with E-state index in [1.165, 1.54) is 0 Å². The van der Waals surface area contributed by atoms with Crippen molar-refractivity contribution < 1.29 is 14.0 Å². The highest BCUT2D eigenvalue weighted by atomic mass is 16.3. The summed E-state index contributed by atoms with van der Waals surface area (Å²) in [6, 6.07) is 1.99. The van der Waals surface area contributed by atoms with E-state index in [0.29, 0.717) is 19.5 Å². The highest BCUT2D eigenvalue weighted by Gasteiger charge is 2.46. The fourth-order valence-corrected chi connectivity index (χ4v) is 4.05. The molecule has 0 aromatic carbocycles. The second kappa shape index (κ2) is 7.07. The van der Waals surface area contributed by atoms with E-state index in [1.54, 1.807) is 31.5 Å². The van der Waals surface area contributed by atoms with Crippen LogP contribution < -0.4 is 0 Å². The Morgan fingerprint density at radius 2 is 2.08 bits per heavy atom. The molecule has 0 bridgehead atoms. The van der Waals surface area contributed by atoms with Crippen molar-refractivity contribution in [1.29, 1.82) is 0 Å². The van der Waals surface area contributed by atoms with Crippen molar-refractivity contribution >= 4 is 11.9 Å². The third-order valence-corrected chi connectivity index (χ3v) is 5.20. The zero-order valence-corrected chi connectivity index (χ0v) is 15.4. The molecule has 2 aliphatic rings. The molecule has 2 fully saturated rings. The van der Waals surface area contributed by atoms with Gasteiger partial charge in [0.2, 0.25) is 5.91 Å². The number of hydrogen-bond donors (Lipinski definition) is 0. The summed E-state index contributed by atoms with van der Waals surface area (Å²) in [6.07, 6.45) is 3.96. The van der Waals surface area contributed by atoms with E-state index in [2.05, 4.69) is 4.90 Å².